The number of nitrogens with zero attached hydrogens (tertiary/aromatic N) is 2. The van der Waals surface area contributed by atoms with Crippen molar-refractivity contribution in [1.29, 1.82) is 0 Å². The minimum Gasteiger partial charge on any atom is -0.481 e. The number of carboxylic acid groups (broad SMARTS) is 1. The third kappa shape index (κ3) is 3.89. The van der Waals surface area contributed by atoms with Gasteiger partial charge in [0.1, 0.15) is 0 Å². The molecule has 2 N–H and O–H groups in total. The van der Waals surface area contributed by atoms with Crippen LogP contribution >= 0.6 is 0 Å². The average molecular weight is 369 g/mol. The van der Waals surface area contributed by atoms with E-state index in [0.717, 1.165) is 42.6 Å². The van der Waals surface area contributed by atoms with E-state index in [0.29, 0.717) is 18.7 Å². The maximum Gasteiger partial charge on any atom is 0.309 e. The van der Waals surface area contributed by atoms with Gasteiger partial charge in [0, 0.05) is 17.8 Å². The van der Waals surface area contributed by atoms with Gasteiger partial charge in [-0.25, -0.2) is 4.68 Å². The van der Waals surface area contributed by atoms with Crippen molar-refractivity contribution in [2.75, 3.05) is 6.54 Å². The van der Waals surface area contributed by atoms with E-state index >= 15 is 0 Å². The highest BCUT2D eigenvalue weighted by Gasteiger charge is 2.29. The smallest absolute Gasteiger partial charge is 0.309 e. The van der Waals surface area contributed by atoms with Crippen molar-refractivity contribution in [2.24, 2.45) is 5.41 Å². The minimum atomic E-state index is -0.865. The monoisotopic (exact) mass is 369 g/mol. The van der Waals surface area contributed by atoms with Crippen LogP contribution in [0.15, 0.2) is 24.3 Å². The van der Waals surface area contributed by atoms with Gasteiger partial charge in [-0.1, -0.05) is 19.1 Å². The number of hydrogen-bond donors (Lipinski definition) is 2. The van der Waals surface area contributed by atoms with Gasteiger partial charge in [-0.15, -0.1) is 0 Å². The molecule has 0 radical (unpaired) electrons. The van der Waals surface area contributed by atoms with Gasteiger partial charge in [0.15, 0.2) is 5.69 Å². The number of carbonyl (C=O) groups excluding carboxylic acids is 1. The molecule has 1 aliphatic rings. The summed E-state index contributed by atoms with van der Waals surface area (Å²) in [5, 5.41) is 16.6. The summed E-state index contributed by atoms with van der Waals surface area (Å²) in [6.07, 6.45) is 4.14. The number of amides is 1. The summed E-state index contributed by atoms with van der Waals surface area (Å²) < 4.78 is 1.89. The van der Waals surface area contributed by atoms with Gasteiger partial charge in [-0.2, -0.15) is 5.10 Å². The second kappa shape index (κ2) is 7.55. The number of carbonyl (C=O) groups is 2. The Hall–Kier alpha value is -2.63. The Morgan fingerprint density at radius 2 is 1.93 bits per heavy atom. The molecule has 0 atom stereocenters. The van der Waals surface area contributed by atoms with Crippen molar-refractivity contribution in [3.8, 4) is 5.69 Å². The Bertz CT molecular complexity index is 850. The molecular weight excluding hydrogens is 342 g/mol. The van der Waals surface area contributed by atoms with E-state index in [1.165, 1.54) is 5.56 Å². The number of fused-ring (bicyclic) bond motifs is 1. The number of aryl methyl sites for hydroxylation is 1. The van der Waals surface area contributed by atoms with E-state index in [9.17, 15) is 14.7 Å². The lowest BCUT2D eigenvalue weighted by atomic mass is 9.90. The molecule has 6 nitrogen and oxygen atoms in total. The zero-order chi connectivity index (χ0) is 19.6. The van der Waals surface area contributed by atoms with Crippen LogP contribution in [0.4, 0.5) is 0 Å². The quantitative estimate of drug-likeness (QED) is 0.785. The Kier molecular flexibility index (Phi) is 5.35. The van der Waals surface area contributed by atoms with Crippen LogP contribution < -0.4 is 5.32 Å². The maximum atomic E-state index is 12.7. The number of benzene rings is 1. The van der Waals surface area contributed by atoms with E-state index < -0.39 is 11.4 Å². The standard InChI is InChI=1S/C21H27N3O3/c1-4-14-8-10-15(11-9-14)24-17-7-5-6-16(17)18(23-24)19(25)22-13-12-21(2,3)20(26)27/h8-11H,4-7,12-13H2,1-3H3,(H,22,25)(H,26,27). The van der Waals surface area contributed by atoms with Crippen LogP contribution in [0.5, 0.6) is 0 Å². The molecule has 0 unspecified atom stereocenters. The first kappa shape index (κ1) is 19.1. The number of aliphatic carboxylic acids is 1. The van der Waals surface area contributed by atoms with Crippen LogP contribution in [0.3, 0.4) is 0 Å². The highest BCUT2D eigenvalue weighted by atomic mass is 16.4. The van der Waals surface area contributed by atoms with E-state index in [4.69, 9.17) is 0 Å². The average Bonchev–Trinajstić information content (AvgIpc) is 3.24. The molecule has 2 aromatic rings. The first-order valence-corrected chi connectivity index (χ1v) is 9.55. The molecule has 1 aromatic carbocycles. The Labute approximate surface area is 159 Å². The molecule has 6 heteroatoms. The number of rotatable bonds is 7. The first-order chi connectivity index (χ1) is 12.8. The number of nitrogens with one attached hydrogen (secondary N) is 1. The van der Waals surface area contributed by atoms with Crippen LogP contribution in [0.25, 0.3) is 5.69 Å². The van der Waals surface area contributed by atoms with Crippen molar-refractivity contribution in [1.82, 2.24) is 15.1 Å². The van der Waals surface area contributed by atoms with Crippen LogP contribution in [-0.4, -0.2) is 33.3 Å². The minimum absolute atomic E-state index is 0.224. The summed E-state index contributed by atoms with van der Waals surface area (Å²) >= 11 is 0. The molecule has 3 rings (SSSR count). The zero-order valence-corrected chi connectivity index (χ0v) is 16.2. The fourth-order valence-electron chi connectivity index (χ4n) is 3.39. The number of carboxylic acids is 1. The van der Waals surface area contributed by atoms with E-state index in [1.807, 2.05) is 16.8 Å². The summed E-state index contributed by atoms with van der Waals surface area (Å²) in [6.45, 7) is 5.75. The Morgan fingerprint density at radius 3 is 2.56 bits per heavy atom. The predicted molar refractivity (Wildman–Crippen MR) is 103 cm³/mol. The molecule has 27 heavy (non-hydrogen) atoms. The molecule has 1 heterocycles. The fraction of sp³-hybridized carbons (Fsp3) is 0.476. The molecular formula is C21H27N3O3. The number of aromatic nitrogens is 2. The lowest BCUT2D eigenvalue weighted by Gasteiger charge is -2.18. The predicted octanol–water partition coefficient (Wildman–Crippen LogP) is 3.15. The summed E-state index contributed by atoms with van der Waals surface area (Å²) in [7, 11) is 0. The van der Waals surface area contributed by atoms with E-state index in [1.54, 1.807) is 13.8 Å². The Balaban J connectivity index is 1.78. The largest absolute Gasteiger partial charge is 0.481 e. The fourth-order valence-corrected chi connectivity index (χ4v) is 3.39. The molecule has 0 bridgehead atoms. The van der Waals surface area contributed by atoms with Gasteiger partial charge in [0.05, 0.1) is 11.1 Å². The second-order valence-corrected chi connectivity index (χ2v) is 7.75. The van der Waals surface area contributed by atoms with Crippen LogP contribution in [0.1, 0.15) is 60.9 Å². The maximum absolute atomic E-state index is 12.7. The highest BCUT2D eigenvalue weighted by Crippen LogP contribution is 2.28. The van der Waals surface area contributed by atoms with E-state index in [-0.39, 0.29) is 5.91 Å². The van der Waals surface area contributed by atoms with Crippen LogP contribution in [-0.2, 0) is 24.1 Å². The lowest BCUT2D eigenvalue weighted by molar-refractivity contribution is -0.147. The molecule has 0 fully saturated rings. The molecule has 144 valence electrons. The number of hydrogen-bond acceptors (Lipinski definition) is 3. The Morgan fingerprint density at radius 1 is 1.22 bits per heavy atom. The van der Waals surface area contributed by atoms with E-state index in [2.05, 4.69) is 29.5 Å². The molecule has 0 saturated heterocycles. The molecule has 0 spiro atoms. The summed E-state index contributed by atoms with van der Waals surface area (Å²) in [5.41, 5.74) is 3.96. The van der Waals surface area contributed by atoms with Crippen molar-refractivity contribution >= 4 is 11.9 Å². The van der Waals surface area contributed by atoms with Crippen molar-refractivity contribution in [2.45, 2.75) is 52.9 Å². The van der Waals surface area contributed by atoms with Crippen LogP contribution in [0, 0.1) is 5.41 Å². The van der Waals surface area contributed by atoms with Crippen molar-refractivity contribution in [3.05, 3.63) is 46.8 Å². The van der Waals surface area contributed by atoms with Gasteiger partial charge in [-0.05, 0) is 63.6 Å². The molecule has 1 aliphatic carbocycles. The normalized spacial score (nSPS) is 13.4. The van der Waals surface area contributed by atoms with Crippen molar-refractivity contribution < 1.29 is 14.7 Å². The van der Waals surface area contributed by atoms with Gasteiger partial charge < -0.3 is 10.4 Å². The first-order valence-electron chi connectivity index (χ1n) is 9.55. The summed E-state index contributed by atoms with van der Waals surface area (Å²) in [6, 6.07) is 8.27. The highest BCUT2D eigenvalue weighted by molar-refractivity contribution is 5.94. The van der Waals surface area contributed by atoms with Gasteiger partial charge in [-0.3, -0.25) is 9.59 Å². The van der Waals surface area contributed by atoms with Gasteiger partial charge in [0.2, 0.25) is 0 Å². The van der Waals surface area contributed by atoms with Gasteiger partial charge >= 0.3 is 5.97 Å². The summed E-state index contributed by atoms with van der Waals surface area (Å²) in [5.74, 6) is -1.09. The SMILES string of the molecule is CCc1ccc(-n2nc(C(=O)NCCC(C)(C)C(=O)O)c3c2CCC3)cc1. The second-order valence-electron chi connectivity index (χ2n) is 7.75. The zero-order valence-electron chi connectivity index (χ0n) is 16.2. The lowest BCUT2D eigenvalue weighted by Crippen LogP contribution is -2.32. The molecule has 1 amide bonds. The molecule has 0 saturated carbocycles. The molecule has 1 aromatic heterocycles. The van der Waals surface area contributed by atoms with Crippen LogP contribution in [0.2, 0.25) is 0 Å². The van der Waals surface area contributed by atoms with Gasteiger partial charge in [0.25, 0.3) is 5.91 Å². The third-order valence-electron chi connectivity index (χ3n) is 5.35. The van der Waals surface area contributed by atoms with Crippen molar-refractivity contribution in [3.63, 3.8) is 0 Å². The third-order valence-corrected chi connectivity index (χ3v) is 5.35. The topological polar surface area (TPSA) is 84.2 Å². The summed E-state index contributed by atoms with van der Waals surface area (Å²) in [4.78, 5) is 23.9. The molecule has 0 aliphatic heterocycles.